The summed E-state index contributed by atoms with van der Waals surface area (Å²) in [5, 5.41) is 10.6. The molecule has 0 bridgehead atoms. The van der Waals surface area contributed by atoms with Crippen molar-refractivity contribution in [2.75, 3.05) is 5.73 Å². The number of nitrogen functional groups attached to an aromatic ring is 1. The van der Waals surface area contributed by atoms with Gasteiger partial charge in [-0.2, -0.15) is 5.26 Å². The molecule has 2 rings (SSSR count). The molecule has 0 fully saturated rings. The fourth-order valence-electron chi connectivity index (χ4n) is 1.69. The number of nitriles is 1. The van der Waals surface area contributed by atoms with Crippen LogP contribution in [0.5, 0.6) is 0 Å². The highest BCUT2D eigenvalue weighted by atomic mass is 35.5. The zero-order chi connectivity index (χ0) is 13.1. The second-order valence-electron chi connectivity index (χ2n) is 3.70. The third kappa shape index (κ3) is 2.47. The molecular weight excluding hydrogens is 266 g/mol. The van der Waals surface area contributed by atoms with Crippen LogP contribution in [0.1, 0.15) is 12.6 Å². The summed E-state index contributed by atoms with van der Waals surface area (Å²) in [6.45, 7) is 2.71. The van der Waals surface area contributed by atoms with E-state index < -0.39 is 0 Å². The molecule has 3 nitrogen and oxygen atoms in total. The van der Waals surface area contributed by atoms with E-state index in [2.05, 4.69) is 6.07 Å². The first-order valence-corrected chi connectivity index (χ1v) is 6.67. The van der Waals surface area contributed by atoms with Crippen LogP contribution in [-0.4, -0.2) is 4.57 Å². The molecule has 0 aliphatic rings. The number of nitrogens with two attached hydrogens (primary N) is 1. The molecule has 92 valence electrons. The normalized spacial score (nSPS) is 10.3. The highest BCUT2D eigenvalue weighted by molar-refractivity contribution is 7.99. The predicted octanol–water partition coefficient (Wildman–Crippen LogP) is 3.77. The van der Waals surface area contributed by atoms with E-state index in [4.69, 9.17) is 22.6 Å². The van der Waals surface area contributed by atoms with Crippen molar-refractivity contribution in [1.82, 2.24) is 4.57 Å². The van der Waals surface area contributed by atoms with Gasteiger partial charge in [-0.3, -0.25) is 0 Å². The maximum Gasteiger partial charge on any atom is 0.123 e. The quantitative estimate of drug-likeness (QED) is 0.929. The van der Waals surface area contributed by atoms with Gasteiger partial charge in [-0.15, -0.1) is 0 Å². The number of nitrogens with zero attached hydrogens (tertiary/aromatic N) is 2. The number of aromatic nitrogens is 1. The standard InChI is InChI=1S/C13H12ClN3S/c1-2-17-10(8-15)7-12(16)13(17)18-11-5-3-9(14)4-6-11/h3-7H,2,16H2,1H3. The lowest BCUT2D eigenvalue weighted by atomic mass is 10.4. The molecule has 0 radical (unpaired) electrons. The minimum Gasteiger partial charge on any atom is -0.397 e. The van der Waals surface area contributed by atoms with E-state index in [1.165, 1.54) is 11.8 Å². The van der Waals surface area contributed by atoms with Crippen LogP contribution >= 0.6 is 23.4 Å². The van der Waals surface area contributed by atoms with Crippen LogP contribution in [0.3, 0.4) is 0 Å². The largest absolute Gasteiger partial charge is 0.397 e. The molecule has 0 saturated heterocycles. The summed E-state index contributed by atoms with van der Waals surface area (Å²) in [4.78, 5) is 1.04. The van der Waals surface area contributed by atoms with Crippen molar-refractivity contribution in [2.45, 2.75) is 23.4 Å². The molecule has 2 N–H and O–H groups in total. The smallest absolute Gasteiger partial charge is 0.123 e. The second-order valence-corrected chi connectivity index (χ2v) is 5.20. The van der Waals surface area contributed by atoms with Gasteiger partial charge in [0.1, 0.15) is 16.8 Å². The van der Waals surface area contributed by atoms with Gasteiger partial charge in [0.25, 0.3) is 0 Å². The fraction of sp³-hybridized carbons (Fsp3) is 0.154. The van der Waals surface area contributed by atoms with E-state index in [1.54, 1.807) is 6.07 Å². The summed E-state index contributed by atoms with van der Waals surface area (Å²) in [6, 6.07) is 11.4. The van der Waals surface area contributed by atoms with E-state index in [1.807, 2.05) is 35.8 Å². The van der Waals surface area contributed by atoms with Crippen LogP contribution in [0, 0.1) is 11.3 Å². The molecule has 0 amide bonds. The summed E-state index contributed by atoms with van der Waals surface area (Å²) in [6.07, 6.45) is 0. The van der Waals surface area contributed by atoms with E-state index in [0.29, 0.717) is 16.4 Å². The molecule has 1 heterocycles. The average Bonchev–Trinajstić information content (AvgIpc) is 2.68. The summed E-state index contributed by atoms with van der Waals surface area (Å²) in [7, 11) is 0. The highest BCUT2D eigenvalue weighted by Gasteiger charge is 2.13. The number of halogens is 1. The van der Waals surface area contributed by atoms with Crippen LogP contribution in [0.15, 0.2) is 40.3 Å². The molecule has 0 spiro atoms. The van der Waals surface area contributed by atoms with Gasteiger partial charge in [0, 0.05) is 16.5 Å². The van der Waals surface area contributed by atoms with E-state index >= 15 is 0 Å². The number of benzene rings is 1. The van der Waals surface area contributed by atoms with Gasteiger partial charge >= 0.3 is 0 Å². The number of hydrogen-bond donors (Lipinski definition) is 1. The molecule has 1 aromatic heterocycles. The van der Waals surface area contributed by atoms with Gasteiger partial charge in [-0.25, -0.2) is 0 Å². The first-order valence-electron chi connectivity index (χ1n) is 5.48. The van der Waals surface area contributed by atoms with Gasteiger partial charge in [0.2, 0.25) is 0 Å². The van der Waals surface area contributed by atoms with Crippen molar-refractivity contribution in [2.24, 2.45) is 0 Å². The number of hydrogen-bond acceptors (Lipinski definition) is 3. The highest BCUT2D eigenvalue weighted by Crippen LogP contribution is 2.34. The molecule has 5 heteroatoms. The van der Waals surface area contributed by atoms with Gasteiger partial charge in [0.15, 0.2) is 0 Å². The summed E-state index contributed by atoms with van der Waals surface area (Å²) in [5.41, 5.74) is 7.17. The van der Waals surface area contributed by atoms with Crippen molar-refractivity contribution in [1.29, 1.82) is 5.26 Å². The molecule has 2 aromatic rings. The minimum atomic E-state index is 0.589. The van der Waals surface area contributed by atoms with Gasteiger partial charge in [-0.05, 0) is 37.3 Å². The third-order valence-corrected chi connectivity index (χ3v) is 3.94. The Balaban J connectivity index is 2.37. The van der Waals surface area contributed by atoms with E-state index in [-0.39, 0.29) is 0 Å². The second kappa shape index (κ2) is 5.38. The van der Waals surface area contributed by atoms with Crippen LogP contribution in [0.2, 0.25) is 5.02 Å². The van der Waals surface area contributed by atoms with Crippen molar-refractivity contribution < 1.29 is 0 Å². The molecule has 18 heavy (non-hydrogen) atoms. The van der Waals surface area contributed by atoms with Crippen molar-refractivity contribution in [3.05, 3.63) is 41.0 Å². The minimum absolute atomic E-state index is 0.589. The van der Waals surface area contributed by atoms with Gasteiger partial charge < -0.3 is 10.3 Å². The number of rotatable bonds is 3. The summed E-state index contributed by atoms with van der Waals surface area (Å²) in [5.74, 6) is 0. The third-order valence-electron chi connectivity index (χ3n) is 2.53. The molecular formula is C13H12ClN3S. The average molecular weight is 278 g/mol. The Morgan fingerprint density at radius 2 is 2.06 bits per heavy atom. The van der Waals surface area contributed by atoms with Crippen LogP contribution in [-0.2, 0) is 6.54 Å². The Labute approximate surface area is 115 Å². The first-order chi connectivity index (χ1) is 8.65. The summed E-state index contributed by atoms with van der Waals surface area (Å²) >= 11 is 7.39. The maximum absolute atomic E-state index is 9.04. The Kier molecular flexibility index (Phi) is 3.85. The van der Waals surface area contributed by atoms with Crippen molar-refractivity contribution in [3.63, 3.8) is 0 Å². The lowest BCUT2D eigenvalue weighted by Crippen LogP contribution is -1.99. The number of anilines is 1. The molecule has 0 aliphatic carbocycles. The van der Waals surface area contributed by atoms with Crippen LogP contribution < -0.4 is 5.73 Å². The van der Waals surface area contributed by atoms with Crippen molar-refractivity contribution >= 4 is 29.1 Å². The zero-order valence-electron chi connectivity index (χ0n) is 9.85. The van der Waals surface area contributed by atoms with Gasteiger partial charge in [-0.1, -0.05) is 23.4 Å². The topological polar surface area (TPSA) is 54.7 Å². The van der Waals surface area contributed by atoms with Crippen molar-refractivity contribution in [3.8, 4) is 6.07 Å². The van der Waals surface area contributed by atoms with Crippen LogP contribution in [0.25, 0.3) is 0 Å². The Hall–Kier alpha value is -1.57. The molecule has 0 unspecified atom stereocenters. The Morgan fingerprint density at radius 3 is 2.61 bits per heavy atom. The molecule has 0 saturated carbocycles. The van der Waals surface area contributed by atoms with E-state index in [0.717, 1.165) is 16.5 Å². The maximum atomic E-state index is 9.04. The van der Waals surface area contributed by atoms with Gasteiger partial charge in [0.05, 0.1) is 5.69 Å². The fourth-order valence-corrected chi connectivity index (χ4v) is 2.82. The lowest BCUT2D eigenvalue weighted by Gasteiger charge is -2.08. The zero-order valence-corrected chi connectivity index (χ0v) is 11.4. The Bertz CT molecular complexity index is 596. The SMILES string of the molecule is CCn1c(C#N)cc(N)c1Sc1ccc(Cl)cc1. The predicted molar refractivity (Wildman–Crippen MR) is 74.8 cm³/mol. The lowest BCUT2D eigenvalue weighted by molar-refractivity contribution is 0.696. The van der Waals surface area contributed by atoms with Crippen LogP contribution in [0.4, 0.5) is 5.69 Å². The molecule has 1 aromatic carbocycles. The summed E-state index contributed by atoms with van der Waals surface area (Å²) < 4.78 is 1.91. The first kappa shape index (κ1) is 12.9. The Morgan fingerprint density at radius 1 is 1.39 bits per heavy atom. The van der Waals surface area contributed by atoms with E-state index in [9.17, 15) is 0 Å². The molecule has 0 aliphatic heterocycles. The monoisotopic (exact) mass is 277 g/mol. The molecule has 0 atom stereocenters.